The largest absolute Gasteiger partial charge is 0.454 e. The lowest BCUT2D eigenvalue weighted by Gasteiger charge is -2.11. The number of nitro groups is 1. The molecule has 3 aromatic rings. The SMILES string of the molecule is O=[N+]([O-])c1ccc(NCc2cccc3c2OCO3)c2ncccc12. The zero-order valence-electron chi connectivity index (χ0n) is 12.6. The minimum atomic E-state index is -0.400. The number of nitrogens with zero attached hydrogens (tertiary/aromatic N) is 2. The number of pyridine rings is 1. The van der Waals surface area contributed by atoms with Crippen LogP contribution in [0.3, 0.4) is 0 Å². The normalized spacial score (nSPS) is 12.3. The van der Waals surface area contributed by atoms with Crippen molar-refractivity contribution in [3.8, 4) is 11.5 Å². The molecule has 120 valence electrons. The molecule has 1 aliphatic rings. The number of nitro benzene ring substituents is 1. The van der Waals surface area contributed by atoms with Crippen molar-refractivity contribution in [1.82, 2.24) is 4.98 Å². The van der Waals surface area contributed by atoms with Crippen molar-refractivity contribution in [3.63, 3.8) is 0 Å². The molecule has 0 bridgehead atoms. The van der Waals surface area contributed by atoms with Gasteiger partial charge < -0.3 is 14.8 Å². The number of para-hydroxylation sites is 1. The van der Waals surface area contributed by atoms with Crippen LogP contribution in [0, 0.1) is 10.1 Å². The smallest absolute Gasteiger partial charge is 0.278 e. The Balaban J connectivity index is 1.68. The number of nitrogens with one attached hydrogen (secondary N) is 1. The first-order valence-corrected chi connectivity index (χ1v) is 7.37. The molecule has 2 aromatic carbocycles. The van der Waals surface area contributed by atoms with Crippen LogP contribution in [0.5, 0.6) is 11.5 Å². The van der Waals surface area contributed by atoms with Crippen LogP contribution in [-0.4, -0.2) is 16.7 Å². The Morgan fingerprint density at radius 1 is 1.17 bits per heavy atom. The predicted molar refractivity (Wildman–Crippen MR) is 88.3 cm³/mol. The van der Waals surface area contributed by atoms with E-state index < -0.39 is 4.92 Å². The summed E-state index contributed by atoms with van der Waals surface area (Å²) in [6.07, 6.45) is 1.62. The van der Waals surface area contributed by atoms with E-state index in [1.165, 1.54) is 6.07 Å². The summed E-state index contributed by atoms with van der Waals surface area (Å²) >= 11 is 0. The van der Waals surface area contributed by atoms with E-state index in [1.807, 2.05) is 18.2 Å². The van der Waals surface area contributed by atoms with Gasteiger partial charge in [-0.3, -0.25) is 15.1 Å². The second kappa shape index (κ2) is 5.69. The highest BCUT2D eigenvalue weighted by Gasteiger charge is 2.18. The van der Waals surface area contributed by atoms with Gasteiger partial charge in [-0.15, -0.1) is 0 Å². The molecule has 1 N–H and O–H groups in total. The average Bonchev–Trinajstić information content (AvgIpc) is 3.08. The summed E-state index contributed by atoms with van der Waals surface area (Å²) in [5.41, 5.74) is 2.29. The van der Waals surface area contributed by atoms with E-state index in [0.29, 0.717) is 17.4 Å². The average molecular weight is 323 g/mol. The van der Waals surface area contributed by atoms with Gasteiger partial charge in [0.2, 0.25) is 6.79 Å². The first-order chi connectivity index (χ1) is 11.7. The van der Waals surface area contributed by atoms with Gasteiger partial charge in [-0.1, -0.05) is 12.1 Å². The van der Waals surface area contributed by atoms with E-state index >= 15 is 0 Å². The van der Waals surface area contributed by atoms with Gasteiger partial charge in [0.15, 0.2) is 11.5 Å². The monoisotopic (exact) mass is 323 g/mol. The van der Waals surface area contributed by atoms with Gasteiger partial charge in [0, 0.05) is 24.4 Å². The number of hydrogen-bond acceptors (Lipinski definition) is 6. The third-order valence-electron chi connectivity index (χ3n) is 3.89. The summed E-state index contributed by atoms with van der Waals surface area (Å²) in [5.74, 6) is 1.45. The molecule has 0 radical (unpaired) electrons. The zero-order valence-corrected chi connectivity index (χ0v) is 12.6. The molecule has 0 saturated carbocycles. The zero-order chi connectivity index (χ0) is 16.5. The molecule has 1 aliphatic heterocycles. The molecular formula is C17H13N3O4. The van der Waals surface area contributed by atoms with Crippen LogP contribution in [0.1, 0.15) is 5.56 Å². The second-order valence-electron chi connectivity index (χ2n) is 5.29. The first-order valence-electron chi connectivity index (χ1n) is 7.37. The maximum atomic E-state index is 11.2. The maximum absolute atomic E-state index is 11.2. The molecule has 0 atom stereocenters. The van der Waals surface area contributed by atoms with Crippen LogP contribution in [0.2, 0.25) is 0 Å². The Morgan fingerprint density at radius 2 is 2.08 bits per heavy atom. The van der Waals surface area contributed by atoms with E-state index in [9.17, 15) is 10.1 Å². The topological polar surface area (TPSA) is 86.5 Å². The molecule has 2 heterocycles. The number of hydrogen-bond donors (Lipinski definition) is 1. The molecule has 0 amide bonds. The summed E-state index contributed by atoms with van der Waals surface area (Å²) in [6, 6.07) is 12.2. The Labute approximate surface area is 137 Å². The van der Waals surface area contributed by atoms with E-state index in [1.54, 1.807) is 24.4 Å². The number of fused-ring (bicyclic) bond motifs is 2. The molecule has 0 aliphatic carbocycles. The van der Waals surface area contributed by atoms with Crippen LogP contribution in [0.25, 0.3) is 10.9 Å². The van der Waals surface area contributed by atoms with Crippen molar-refractivity contribution in [2.45, 2.75) is 6.54 Å². The van der Waals surface area contributed by atoms with Crippen molar-refractivity contribution < 1.29 is 14.4 Å². The van der Waals surface area contributed by atoms with E-state index in [0.717, 1.165) is 22.7 Å². The van der Waals surface area contributed by atoms with Gasteiger partial charge in [-0.2, -0.15) is 0 Å². The minimum Gasteiger partial charge on any atom is -0.454 e. The highest BCUT2D eigenvalue weighted by Crippen LogP contribution is 2.36. The van der Waals surface area contributed by atoms with E-state index in [-0.39, 0.29) is 12.5 Å². The van der Waals surface area contributed by atoms with Gasteiger partial charge in [0.05, 0.1) is 16.0 Å². The number of anilines is 1. The summed E-state index contributed by atoms with van der Waals surface area (Å²) in [4.78, 5) is 15.0. The fourth-order valence-electron chi connectivity index (χ4n) is 2.78. The first kappa shape index (κ1) is 14.3. The standard InChI is InChI=1S/C17H13N3O4/c21-20(22)14-7-6-13(16-12(14)4-2-8-18-16)19-9-11-3-1-5-15-17(11)24-10-23-15/h1-8,19H,9-10H2. The quantitative estimate of drug-likeness (QED) is 0.584. The van der Waals surface area contributed by atoms with Crippen molar-refractivity contribution in [2.75, 3.05) is 12.1 Å². The van der Waals surface area contributed by atoms with Crippen molar-refractivity contribution >= 4 is 22.3 Å². The highest BCUT2D eigenvalue weighted by atomic mass is 16.7. The minimum absolute atomic E-state index is 0.0426. The molecule has 7 heteroatoms. The van der Waals surface area contributed by atoms with E-state index in [4.69, 9.17) is 9.47 Å². The summed E-state index contributed by atoms with van der Waals surface area (Å²) < 4.78 is 10.9. The van der Waals surface area contributed by atoms with Gasteiger partial charge in [0.25, 0.3) is 5.69 Å². The van der Waals surface area contributed by atoms with E-state index in [2.05, 4.69) is 10.3 Å². The molecular weight excluding hydrogens is 310 g/mol. The van der Waals surface area contributed by atoms with Gasteiger partial charge in [0.1, 0.15) is 5.52 Å². The number of ether oxygens (including phenoxy) is 2. The number of aromatic nitrogens is 1. The van der Waals surface area contributed by atoms with Crippen LogP contribution in [-0.2, 0) is 6.54 Å². The molecule has 24 heavy (non-hydrogen) atoms. The Hall–Kier alpha value is -3.35. The fraction of sp³-hybridized carbons (Fsp3) is 0.118. The highest BCUT2D eigenvalue weighted by molar-refractivity contribution is 5.96. The summed E-state index contributed by atoms with van der Waals surface area (Å²) in [6.45, 7) is 0.713. The third kappa shape index (κ3) is 2.36. The van der Waals surface area contributed by atoms with Crippen LogP contribution in [0.4, 0.5) is 11.4 Å². The number of rotatable bonds is 4. The number of non-ortho nitro benzene ring substituents is 1. The molecule has 4 rings (SSSR count). The number of benzene rings is 2. The molecule has 7 nitrogen and oxygen atoms in total. The molecule has 0 saturated heterocycles. The van der Waals surface area contributed by atoms with Gasteiger partial charge in [-0.05, 0) is 24.3 Å². The van der Waals surface area contributed by atoms with Gasteiger partial charge >= 0.3 is 0 Å². The predicted octanol–water partition coefficient (Wildman–Crippen LogP) is 3.48. The van der Waals surface area contributed by atoms with Crippen LogP contribution in [0.15, 0.2) is 48.7 Å². The molecule has 1 aromatic heterocycles. The lowest BCUT2D eigenvalue weighted by atomic mass is 10.1. The summed E-state index contributed by atoms with van der Waals surface area (Å²) in [5, 5.41) is 14.9. The molecule has 0 spiro atoms. The third-order valence-corrected chi connectivity index (χ3v) is 3.89. The Morgan fingerprint density at radius 3 is 2.96 bits per heavy atom. The second-order valence-corrected chi connectivity index (χ2v) is 5.29. The van der Waals surface area contributed by atoms with Crippen molar-refractivity contribution in [3.05, 3.63) is 64.3 Å². The Bertz CT molecular complexity index is 942. The lowest BCUT2D eigenvalue weighted by Crippen LogP contribution is -2.03. The van der Waals surface area contributed by atoms with Gasteiger partial charge in [-0.25, -0.2) is 0 Å². The lowest BCUT2D eigenvalue weighted by molar-refractivity contribution is -0.383. The fourth-order valence-corrected chi connectivity index (χ4v) is 2.78. The molecule has 0 unspecified atom stereocenters. The van der Waals surface area contributed by atoms with Crippen LogP contribution < -0.4 is 14.8 Å². The maximum Gasteiger partial charge on any atom is 0.278 e. The van der Waals surface area contributed by atoms with Crippen molar-refractivity contribution in [1.29, 1.82) is 0 Å². The molecule has 0 fully saturated rings. The van der Waals surface area contributed by atoms with Crippen molar-refractivity contribution in [2.24, 2.45) is 0 Å². The summed E-state index contributed by atoms with van der Waals surface area (Å²) in [7, 11) is 0. The Kier molecular flexibility index (Phi) is 3.38. The van der Waals surface area contributed by atoms with Crippen LogP contribution >= 0.6 is 0 Å².